The Labute approximate surface area is 144 Å². The van der Waals surface area contributed by atoms with E-state index in [9.17, 15) is 9.59 Å². The van der Waals surface area contributed by atoms with Gasteiger partial charge in [0.25, 0.3) is 5.91 Å². The van der Waals surface area contributed by atoms with E-state index in [4.69, 9.17) is 18.7 Å². The average Bonchev–Trinajstić information content (AvgIpc) is 3.03. The molecule has 1 atom stereocenters. The molecule has 132 valence electrons. The topological polar surface area (TPSA) is 99.9 Å². The first-order valence-corrected chi connectivity index (χ1v) is 7.91. The summed E-state index contributed by atoms with van der Waals surface area (Å²) in [4.78, 5) is 24.6. The molecule has 1 aliphatic rings. The van der Waals surface area contributed by atoms with Crippen LogP contribution in [0.5, 0.6) is 11.5 Å². The molecule has 0 fully saturated rings. The number of fused-ring (bicyclic) bond motifs is 1. The Hall–Kier alpha value is -3.03. The normalized spacial score (nSPS) is 13.8. The number of esters is 1. The van der Waals surface area contributed by atoms with Crippen LogP contribution < -0.4 is 14.8 Å². The van der Waals surface area contributed by atoms with E-state index in [0.717, 1.165) is 0 Å². The van der Waals surface area contributed by atoms with Crippen LogP contribution in [0, 0.1) is 6.92 Å². The maximum atomic E-state index is 12.3. The highest BCUT2D eigenvalue weighted by atomic mass is 16.6. The summed E-state index contributed by atoms with van der Waals surface area (Å²) in [6.07, 6.45) is -0.628. The van der Waals surface area contributed by atoms with E-state index in [1.807, 2.05) is 0 Å². The second-order valence-corrected chi connectivity index (χ2v) is 5.47. The minimum absolute atomic E-state index is 0.274. The van der Waals surface area contributed by atoms with Crippen molar-refractivity contribution >= 4 is 17.7 Å². The van der Waals surface area contributed by atoms with Crippen molar-refractivity contribution in [3.05, 3.63) is 35.6 Å². The Kier molecular flexibility index (Phi) is 4.87. The number of nitrogens with zero attached hydrogens (tertiary/aromatic N) is 1. The van der Waals surface area contributed by atoms with Gasteiger partial charge in [-0.25, -0.2) is 4.79 Å². The zero-order valence-electron chi connectivity index (χ0n) is 13.9. The van der Waals surface area contributed by atoms with Gasteiger partial charge in [-0.05, 0) is 31.5 Å². The molecule has 1 aliphatic heterocycles. The summed E-state index contributed by atoms with van der Waals surface area (Å²) in [7, 11) is 0. The molecule has 25 heavy (non-hydrogen) atoms. The zero-order chi connectivity index (χ0) is 17.8. The number of nitrogens with one attached hydrogen (secondary N) is 1. The van der Waals surface area contributed by atoms with Crippen molar-refractivity contribution in [3.8, 4) is 11.5 Å². The minimum atomic E-state index is -0.947. The lowest BCUT2D eigenvalue weighted by Gasteiger charge is -2.19. The molecule has 0 spiro atoms. The van der Waals surface area contributed by atoms with Crippen LogP contribution >= 0.6 is 0 Å². The quantitative estimate of drug-likeness (QED) is 0.829. The number of carbonyl (C=O) groups is 2. The molecule has 1 aromatic carbocycles. The van der Waals surface area contributed by atoms with Gasteiger partial charge in [0.15, 0.2) is 23.4 Å². The highest BCUT2D eigenvalue weighted by Crippen LogP contribution is 2.31. The fourth-order valence-corrected chi connectivity index (χ4v) is 2.32. The second-order valence-electron chi connectivity index (χ2n) is 5.47. The van der Waals surface area contributed by atoms with Gasteiger partial charge in [-0.1, -0.05) is 12.1 Å². The predicted molar refractivity (Wildman–Crippen MR) is 86.8 cm³/mol. The van der Waals surface area contributed by atoms with Crippen LogP contribution in [0.25, 0.3) is 0 Å². The SMILES string of the molecule is CC[C@H](OC(=O)c1ccc2c(c1)OCCO2)C(=O)Nc1cc(C)on1. The third kappa shape index (κ3) is 3.90. The molecule has 1 aromatic heterocycles. The lowest BCUT2D eigenvalue weighted by molar-refractivity contribution is -0.124. The first-order valence-electron chi connectivity index (χ1n) is 7.91. The molecule has 1 N–H and O–H groups in total. The van der Waals surface area contributed by atoms with E-state index < -0.39 is 18.0 Å². The molecule has 0 unspecified atom stereocenters. The summed E-state index contributed by atoms with van der Waals surface area (Å²) in [6, 6.07) is 6.33. The van der Waals surface area contributed by atoms with Crippen molar-refractivity contribution in [1.82, 2.24) is 5.16 Å². The second kappa shape index (κ2) is 7.25. The van der Waals surface area contributed by atoms with Gasteiger partial charge in [0.2, 0.25) is 0 Å². The molecule has 1 amide bonds. The molecule has 2 aromatic rings. The molecule has 8 heteroatoms. The number of benzene rings is 1. The summed E-state index contributed by atoms with van der Waals surface area (Å²) in [5, 5.41) is 6.23. The van der Waals surface area contributed by atoms with E-state index in [-0.39, 0.29) is 11.4 Å². The Bertz CT molecular complexity index is 785. The Morgan fingerprint density at radius 1 is 1.24 bits per heavy atom. The van der Waals surface area contributed by atoms with E-state index in [1.165, 1.54) is 0 Å². The molecule has 0 radical (unpaired) electrons. The third-order valence-electron chi connectivity index (χ3n) is 3.57. The van der Waals surface area contributed by atoms with Crippen molar-refractivity contribution < 1.29 is 28.3 Å². The Balaban J connectivity index is 1.66. The fourth-order valence-electron chi connectivity index (χ4n) is 2.32. The molecule has 0 aliphatic carbocycles. The molecule has 0 saturated heterocycles. The van der Waals surface area contributed by atoms with Crippen molar-refractivity contribution in [2.45, 2.75) is 26.4 Å². The van der Waals surface area contributed by atoms with Crippen molar-refractivity contribution in [2.24, 2.45) is 0 Å². The van der Waals surface area contributed by atoms with Crippen LogP contribution in [0.3, 0.4) is 0 Å². The summed E-state index contributed by atoms with van der Waals surface area (Å²) in [5.41, 5.74) is 0.285. The summed E-state index contributed by atoms with van der Waals surface area (Å²) >= 11 is 0. The number of anilines is 1. The van der Waals surface area contributed by atoms with Gasteiger partial charge >= 0.3 is 5.97 Å². The largest absolute Gasteiger partial charge is 0.486 e. The molecular formula is C17H18N2O6. The first kappa shape index (κ1) is 16.8. The van der Waals surface area contributed by atoms with E-state index >= 15 is 0 Å². The first-order chi connectivity index (χ1) is 12.1. The van der Waals surface area contributed by atoms with Crippen molar-refractivity contribution in [1.29, 1.82) is 0 Å². The van der Waals surface area contributed by atoms with Crippen LogP contribution in [-0.2, 0) is 9.53 Å². The number of amides is 1. The standard InChI is InChI=1S/C17H18N2O6/c1-3-12(16(20)18-15-8-10(2)25-19-15)24-17(21)11-4-5-13-14(9-11)23-7-6-22-13/h4-5,8-9,12H,3,6-7H2,1-2H3,(H,18,19,20)/t12-/m0/s1. The number of aryl methyl sites for hydroxylation is 1. The Morgan fingerprint density at radius 2 is 2.00 bits per heavy atom. The molecular weight excluding hydrogens is 328 g/mol. The van der Waals surface area contributed by atoms with Crippen molar-refractivity contribution in [3.63, 3.8) is 0 Å². The maximum Gasteiger partial charge on any atom is 0.339 e. The van der Waals surface area contributed by atoms with Gasteiger partial charge in [-0.3, -0.25) is 4.79 Å². The van der Waals surface area contributed by atoms with Crippen LogP contribution in [-0.4, -0.2) is 36.4 Å². The average molecular weight is 346 g/mol. The number of rotatable bonds is 5. The molecule has 2 heterocycles. The van der Waals surface area contributed by atoms with Crippen LogP contribution in [0.15, 0.2) is 28.8 Å². The highest BCUT2D eigenvalue weighted by Gasteiger charge is 2.24. The smallest absolute Gasteiger partial charge is 0.339 e. The van der Waals surface area contributed by atoms with Crippen LogP contribution in [0.4, 0.5) is 5.82 Å². The van der Waals surface area contributed by atoms with Gasteiger partial charge in [-0.2, -0.15) is 0 Å². The molecule has 0 bridgehead atoms. The predicted octanol–water partition coefficient (Wildman–Crippen LogP) is 2.33. The monoisotopic (exact) mass is 346 g/mol. The van der Waals surface area contributed by atoms with Crippen LogP contribution in [0.1, 0.15) is 29.5 Å². The third-order valence-corrected chi connectivity index (χ3v) is 3.57. The van der Waals surface area contributed by atoms with Gasteiger partial charge in [0, 0.05) is 6.07 Å². The van der Waals surface area contributed by atoms with Gasteiger partial charge in [-0.15, -0.1) is 0 Å². The highest BCUT2D eigenvalue weighted by molar-refractivity contribution is 5.97. The number of aromatic nitrogens is 1. The summed E-state index contributed by atoms with van der Waals surface area (Å²) in [6.45, 7) is 4.34. The fraction of sp³-hybridized carbons (Fsp3) is 0.353. The maximum absolute atomic E-state index is 12.3. The summed E-state index contributed by atoms with van der Waals surface area (Å²) < 4.78 is 21.0. The van der Waals surface area contributed by atoms with Gasteiger partial charge < -0.3 is 24.1 Å². The minimum Gasteiger partial charge on any atom is -0.486 e. The number of hydrogen-bond donors (Lipinski definition) is 1. The molecule has 8 nitrogen and oxygen atoms in total. The number of ether oxygens (including phenoxy) is 3. The van der Waals surface area contributed by atoms with Crippen LogP contribution in [0.2, 0.25) is 0 Å². The van der Waals surface area contributed by atoms with Crippen molar-refractivity contribution in [2.75, 3.05) is 18.5 Å². The van der Waals surface area contributed by atoms with E-state index in [0.29, 0.717) is 36.9 Å². The lowest BCUT2D eigenvalue weighted by Crippen LogP contribution is -2.32. The van der Waals surface area contributed by atoms with E-state index in [1.54, 1.807) is 38.1 Å². The zero-order valence-corrected chi connectivity index (χ0v) is 13.9. The van der Waals surface area contributed by atoms with Gasteiger partial charge in [0.05, 0.1) is 5.56 Å². The Morgan fingerprint density at radius 3 is 2.68 bits per heavy atom. The lowest BCUT2D eigenvalue weighted by atomic mass is 10.2. The number of hydrogen-bond acceptors (Lipinski definition) is 7. The molecule has 3 rings (SSSR count). The van der Waals surface area contributed by atoms with Gasteiger partial charge in [0.1, 0.15) is 19.0 Å². The summed E-state index contributed by atoms with van der Waals surface area (Å²) in [5.74, 6) is 0.815. The molecule has 0 saturated carbocycles. The van der Waals surface area contributed by atoms with E-state index in [2.05, 4.69) is 10.5 Å². The number of carbonyl (C=O) groups excluding carboxylic acids is 2.